The lowest BCUT2D eigenvalue weighted by Gasteiger charge is -2.15. The molecule has 1 aliphatic carbocycles. The largest absolute Gasteiger partial charge is 0.382 e. The van der Waals surface area contributed by atoms with Gasteiger partial charge in [-0.1, -0.05) is 25.2 Å². The van der Waals surface area contributed by atoms with Crippen molar-refractivity contribution in [1.82, 2.24) is 9.88 Å². The van der Waals surface area contributed by atoms with E-state index in [1.165, 1.54) is 17.8 Å². The third-order valence-corrected chi connectivity index (χ3v) is 4.52. The predicted molar refractivity (Wildman–Crippen MR) is 79.5 cm³/mol. The number of aromatic nitrogens is 1. The zero-order valence-electron chi connectivity index (χ0n) is 11.8. The van der Waals surface area contributed by atoms with E-state index in [-0.39, 0.29) is 5.91 Å². The molecule has 106 valence electrons. The van der Waals surface area contributed by atoms with E-state index in [1.54, 1.807) is 4.90 Å². The number of thiazole rings is 1. The van der Waals surface area contributed by atoms with Crippen molar-refractivity contribution >= 4 is 28.2 Å². The minimum absolute atomic E-state index is 0.0151. The van der Waals surface area contributed by atoms with Crippen molar-refractivity contribution in [3.8, 4) is 0 Å². The second-order valence-corrected chi connectivity index (χ2v) is 6.32. The molecule has 1 aromatic heterocycles. The number of carbonyl (C=O) groups is 1. The lowest BCUT2D eigenvalue weighted by molar-refractivity contribution is 0.0792. The fourth-order valence-electron chi connectivity index (χ4n) is 2.05. The molecule has 6 heteroatoms. The van der Waals surface area contributed by atoms with Gasteiger partial charge in [0.05, 0.1) is 0 Å². The number of nitrogens with zero attached hydrogens (tertiary/aromatic N) is 2. The molecule has 1 aromatic rings. The van der Waals surface area contributed by atoms with E-state index in [0.717, 1.165) is 30.6 Å². The van der Waals surface area contributed by atoms with E-state index in [9.17, 15) is 4.79 Å². The van der Waals surface area contributed by atoms with Crippen LogP contribution >= 0.6 is 11.3 Å². The van der Waals surface area contributed by atoms with Crippen LogP contribution in [0.25, 0.3) is 0 Å². The fraction of sp³-hybridized carbons (Fsp3) is 0.692. The Morgan fingerprint density at radius 1 is 1.63 bits per heavy atom. The highest BCUT2D eigenvalue weighted by Gasteiger charge is 2.34. The monoisotopic (exact) mass is 282 g/mol. The van der Waals surface area contributed by atoms with Gasteiger partial charge in [0.15, 0.2) is 5.13 Å². The number of amides is 1. The minimum atomic E-state index is -0.0151. The maximum absolute atomic E-state index is 12.3. The number of nitrogen functional groups attached to an aromatic ring is 1. The molecule has 1 amide bonds. The molecule has 1 saturated carbocycles. The first-order chi connectivity index (χ1) is 9.02. The number of hydrogen-bond donors (Lipinski definition) is 2. The molecule has 3 N–H and O–H groups in total. The Labute approximate surface area is 118 Å². The summed E-state index contributed by atoms with van der Waals surface area (Å²) in [5.74, 6) is 1.72. The third-order valence-electron chi connectivity index (χ3n) is 3.51. The molecule has 0 bridgehead atoms. The van der Waals surface area contributed by atoms with Gasteiger partial charge in [-0.2, -0.15) is 0 Å². The van der Waals surface area contributed by atoms with Gasteiger partial charge >= 0.3 is 0 Å². The van der Waals surface area contributed by atoms with Crippen LogP contribution in [0.15, 0.2) is 0 Å². The number of rotatable bonds is 6. The Kier molecular flexibility index (Phi) is 4.29. The number of nitrogens with two attached hydrogens (primary N) is 1. The smallest absolute Gasteiger partial charge is 0.267 e. The molecule has 19 heavy (non-hydrogen) atoms. The zero-order chi connectivity index (χ0) is 14.0. The summed E-state index contributed by atoms with van der Waals surface area (Å²) >= 11 is 1.35. The van der Waals surface area contributed by atoms with Crippen molar-refractivity contribution in [2.75, 3.05) is 31.2 Å². The summed E-state index contributed by atoms with van der Waals surface area (Å²) < 4.78 is 0. The van der Waals surface area contributed by atoms with Crippen molar-refractivity contribution in [3.63, 3.8) is 0 Å². The van der Waals surface area contributed by atoms with E-state index in [2.05, 4.69) is 24.1 Å². The van der Waals surface area contributed by atoms with Crippen molar-refractivity contribution in [2.24, 2.45) is 11.8 Å². The zero-order valence-corrected chi connectivity index (χ0v) is 12.6. The molecular formula is C13H22N4OS. The van der Waals surface area contributed by atoms with Gasteiger partial charge in [-0.15, -0.1) is 0 Å². The van der Waals surface area contributed by atoms with Crippen molar-refractivity contribution in [1.29, 1.82) is 0 Å². The van der Waals surface area contributed by atoms with E-state index < -0.39 is 0 Å². The lowest BCUT2D eigenvalue weighted by Crippen LogP contribution is -2.29. The molecule has 5 nitrogen and oxygen atoms in total. The minimum Gasteiger partial charge on any atom is -0.382 e. The topological polar surface area (TPSA) is 71.2 Å². The number of anilines is 2. The number of hydrogen-bond acceptors (Lipinski definition) is 5. The summed E-state index contributed by atoms with van der Waals surface area (Å²) in [6.45, 7) is 5.96. The number of nitrogens with one attached hydrogen (secondary N) is 1. The summed E-state index contributed by atoms with van der Waals surface area (Å²) in [4.78, 5) is 18.8. The number of carbonyl (C=O) groups excluding carboxylic acids is 1. The Balaban J connectivity index is 1.99. The Bertz CT molecular complexity index is 459. The third kappa shape index (κ3) is 3.37. The standard InChI is InChI=1S/C13H22N4OS/c1-4-5-15-13-16-11(14)10(19-13)12(18)17(3)7-9-6-8(9)2/h8-9H,4-7,14H2,1-3H3,(H,15,16). The summed E-state index contributed by atoms with van der Waals surface area (Å²) in [6, 6.07) is 0. The molecule has 0 aromatic carbocycles. The Morgan fingerprint density at radius 3 is 2.89 bits per heavy atom. The molecule has 1 fully saturated rings. The van der Waals surface area contributed by atoms with Crippen LogP contribution in [0.4, 0.5) is 10.9 Å². The predicted octanol–water partition coefficient (Wildman–Crippen LogP) is 2.28. The van der Waals surface area contributed by atoms with Crippen LogP contribution < -0.4 is 11.1 Å². The van der Waals surface area contributed by atoms with Crippen LogP contribution in [-0.4, -0.2) is 35.9 Å². The van der Waals surface area contributed by atoms with Gasteiger partial charge in [-0.3, -0.25) is 4.79 Å². The average Bonchev–Trinajstić information content (AvgIpc) is 2.93. The summed E-state index contributed by atoms with van der Waals surface area (Å²) in [5, 5.41) is 3.90. The molecule has 0 aliphatic heterocycles. The Hall–Kier alpha value is -1.30. The highest BCUT2D eigenvalue weighted by molar-refractivity contribution is 7.18. The maximum Gasteiger partial charge on any atom is 0.267 e. The van der Waals surface area contributed by atoms with E-state index in [1.807, 2.05) is 7.05 Å². The molecule has 2 rings (SSSR count). The van der Waals surface area contributed by atoms with Crippen LogP contribution in [0.1, 0.15) is 36.4 Å². The van der Waals surface area contributed by atoms with Crippen LogP contribution in [-0.2, 0) is 0 Å². The van der Waals surface area contributed by atoms with Gasteiger partial charge in [-0.05, 0) is 24.7 Å². The summed E-state index contributed by atoms with van der Waals surface area (Å²) in [7, 11) is 1.84. The van der Waals surface area contributed by atoms with E-state index >= 15 is 0 Å². The first-order valence-corrected chi connectivity index (χ1v) is 7.60. The fourth-order valence-corrected chi connectivity index (χ4v) is 2.96. The quantitative estimate of drug-likeness (QED) is 0.839. The van der Waals surface area contributed by atoms with Gasteiger partial charge in [-0.25, -0.2) is 4.98 Å². The van der Waals surface area contributed by atoms with Gasteiger partial charge in [0.25, 0.3) is 5.91 Å². The van der Waals surface area contributed by atoms with Crippen molar-refractivity contribution < 1.29 is 4.79 Å². The van der Waals surface area contributed by atoms with E-state index in [4.69, 9.17) is 5.73 Å². The van der Waals surface area contributed by atoms with Crippen molar-refractivity contribution in [2.45, 2.75) is 26.7 Å². The Morgan fingerprint density at radius 2 is 2.32 bits per heavy atom. The van der Waals surface area contributed by atoms with Crippen LogP contribution in [0.3, 0.4) is 0 Å². The lowest BCUT2D eigenvalue weighted by atomic mass is 10.3. The summed E-state index contributed by atoms with van der Waals surface area (Å²) in [6.07, 6.45) is 2.24. The normalized spacial score (nSPS) is 21.2. The van der Waals surface area contributed by atoms with E-state index in [0.29, 0.717) is 16.6 Å². The first-order valence-electron chi connectivity index (χ1n) is 6.78. The summed E-state index contributed by atoms with van der Waals surface area (Å²) in [5.41, 5.74) is 5.84. The maximum atomic E-state index is 12.3. The molecule has 2 unspecified atom stereocenters. The van der Waals surface area contributed by atoms with Crippen LogP contribution in [0.2, 0.25) is 0 Å². The van der Waals surface area contributed by atoms with Crippen molar-refractivity contribution in [3.05, 3.63) is 4.88 Å². The first kappa shape index (κ1) is 14.1. The molecule has 1 aliphatic rings. The molecular weight excluding hydrogens is 260 g/mol. The molecule has 0 spiro atoms. The van der Waals surface area contributed by atoms with Crippen LogP contribution in [0.5, 0.6) is 0 Å². The molecule has 0 radical (unpaired) electrons. The molecule has 1 heterocycles. The van der Waals surface area contributed by atoms with Gasteiger partial charge in [0, 0.05) is 20.1 Å². The molecule has 2 atom stereocenters. The second-order valence-electron chi connectivity index (χ2n) is 5.32. The molecule has 0 saturated heterocycles. The highest BCUT2D eigenvalue weighted by Crippen LogP contribution is 2.38. The van der Waals surface area contributed by atoms with Gasteiger partial charge in [0.1, 0.15) is 10.7 Å². The van der Waals surface area contributed by atoms with Gasteiger partial charge in [0.2, 0.25) is 0 Å². The van der Waals surface area contributed by atoms with Gasteiger partial charge < -0.3 is 16.0 Å². The van der Waals surface area contributed by atoms with Crippen LogP contribution in [0, 0.1) is 11.8 Å². The average molecular weight is 282 g/mol. The highest BCUT2D eigenvalue weighted by atomic mass is 32.1. The SMILES string of the molecule is CCCNc1nc(N)c(C(=O)N(C)CC2CC2C)s1. The second kappa shape index (κ2) is 5.77.